The van der Waals surface area contributed by atoms with Crippen LogP contribution >= 0.6 is 0 Å². The SMILES string of the molecule is COC(=O)c1cc2c(cc1N)OCC(=O)N2C. The van der Waals surface area contributed by atoms with Crippen molar-refractivity contribution in [3.63, 3.8) is 0 Å². The molecule has 1 heterocycles. The summed E-state index contributed by atoms with van der Waals surface area (Å²) < 4.78 is 9.84. The Hall–Kier alpha value is -2.24. The van der Waals surface area contributed by atoms with Crippen molar-refractivity contribution in [1.82, 2.24) is 0 Å². The zero-order chi connectivity index (χ0) is 12.6. The number of carbonyl (C=O) groups excluding carboxylic acids is 2. The first-order valence-corrected chi connectivity index (χ1v) is 4.95. The lowest BCUT2D eigenvalue weighted by Crippen LogP contribution is -2.35. The number of nitrogens with zero attached hydrogens (tertiary/aromatic N) is 1. The Kier molecular flexibility index (Phi) is 2.63. The van der Waals surface area contributed by atoms with Gasteiger partial charge in [-0.3, -0.25) is 4.79 Å². The fourth-order valence-corrected chi connectivity index (χ4v) is 1.62. The van der Waals surface area contributed by atoms with Gasteiger partial charge in [0.05, 0.1) is 18.4 Å². The highest BCUT2D eigenvalue weighted by molar-refractivity contribution is 6.02. The van der Waals surface area contributed by atoms with E-state index in [1.807, 2.05) is 0 Å². The van der Waals surface area contributed by atoms with Gasteiger partial charge in [-0.25, -0.2) is 4.79 Å². The highest BCUT2D eigenvalue weighted by atomic mass is 16.5. The Morgan fingerprint density at radius 1 is 1.53 bits per heavy atom. The van der Waals surface area contributed by atoms with Crippen molar-refractivity contribution < 1.29 is 19.1 Å². The Morgan fingerprint density at radius 3 is 2.88 bits per heavy atom. The molecule has 0 saturated heterocycles. The van der Waals surface area contributed by atoms with E-state index in [1.54, 1.807) is 7.05 Å². The molecule has 0 aromatic heterocycles. The number of amides is 1. The molecule has 0 unspecified atom stereocenters. The van der Waals surface area contributed by atoms with Gasteiger partial charge in [-0.2, -0.15) is 0 Å². The number of ether oxygens (including phenoxy) is 2. The molecule has 6 nitrogen and oxygen atoms in total. The molecule has 0 spiro atoms. The van der Waals surface area contributed by atoms with E-state index in [2.05, 4.69) is 4.74 Å². The van der Waals surface area contributed by atoms with Gasteiger partial charge < -0.3 is 20.1 Å². The molecule has 2 rings (SSSR count). The lowest BCUT2D eigenvalue weighted by Gasteiger charge is -2.26. The Balaban J connectivity index is 2.54. The molecule has 1 aromatic carbocycles. The van der Waals surface area contributed by atoms with E-state index in [-0.39, 0.29) is 23.8 Å². The minimum absolute atomic E-state index is 0.0273. The quantitative estimate of drug-likeness (QED) is 0.564. The largest absolute Gasteiger partial charge is 0.481 e. The smallest absolute Gasteiger partial charge is 0.340 e. The van der Waals surface area contributed by atoms with Crippen LogP contribution in [0.1, 0.15) is 10.4 Å². The summed E-state index contributed by atoms with van der Waals surface area (Å²) in [4.78, 5) is 24.3. The number of nitrogens with two attached hydrogens (primary N) is 1. The van der Waals surface area contributed by atoms with Crippen LogP contribution in [0.25, 0.3) is 0 Å². The molecule has 0 aliphatic carbocycles. The van der Waals surface area contributed by atoms with Crippen LogP contribution in [0, 0.1) is 0 Å². The van der Waals surface area contributed by atoms with Gasteiger partial charge in [0.25, 0.3) is 5.91 Å². The summed E-state index contributed by atoms with van der Waals surface area (Å²) in [6.45, 7) is -0.0273. The average Bonchev–Trinajstić information content (AvgIpc) is 2.32. The molecule has 1 amide bonds. The predicted octanol–water partition coefficient (Wildman–Crippen LogP) is 0.411. The van der Waals surface area contributed by atoms with Crippen molar-refractivity contribution in [1.29, 1.82) is 0 Å². The highest BCUT2D eigenvalue weighted by Crippen LogP contribution is 2.35. The molecule has 17 heavy (non-hydrogen) atoms. The van der Waals surface area contributed by atoms with Crippen molar-refractivity contribution in [2.24, 2.45) is 0 Å². The summed E-state index contributed by atoms with van der Waals surface area (Å²) in [5, 5.41) is 0. The number of carbonyl (C=O) groups is 2. The molecule has 0 saturated carbocycles. The predicted molar refractivity (Wildman–Crippen MR) is 61.1 cm³/mol. The summed E-state index contributed by atoms with van der Waals surface area (Å²) in [6.07, 6.45) is 0. The van der Waals surface area contributed by atoms with Gasteiger partial charge in [-0.15, -0.1) is 0 Å². The van der Waals surface area contributed by atoms with Crippen LogP contribution in [-0.2, 0) is 9.53 Å². The molecule has 0 radical (unpaired) electrons. The standard InChI is InChI=1S/C11H12N2O4/c1-13-8-3-6(11(15)16-2)7(12)4-9(8)17-5-10(13)14/h3-4H,5,12H2,1-2H3. The van der Waals surface area contributed by atoms with E-state index in [4.69, 9.17) is 10.5 Å². The number of rotatable bonds is 1. The number of esters is 1. The van der Waals surface area contributed by atoms with Crippen LogP contribution in [0.2, 0.25) is 0 Å². The second kappa shape index (κ2) is 3.97. The van der Waals surface area contributed by atoms with Crippen molar-refractivity contribution in [2.45, 2.75) is 0 Å². The first-order chi connectivity index (χ1) is 8.04. The number of hydrogen-bond acceptors (Lipinski definition) is 5. The summed E-state index contributed by atoms with van der Waals surface area (Å²) in [5.41, 5.74) is 6.71. The highest BCUT2D eigenvalue weighted by Gasteiger charge is 2.25. The van der Waals surface area contributed by atoms with Gasteiger partial charge in [0, 0.05) is 18.8 Å². The van der Waals surface area contributed by atoms with Crippen LogP contribution in [-0.4, -0.2) is 32.6 Å². The van der Waals surface area contributed by atoms with Crippen LogP contribution < -0.4 is 15.4 Å². The van der Waals surface area contributed by atoms with Gasteiger partial charge in [0.1, 0.15) is 5.75 Å². The number of nitrogen functional groups attached to an aromatic ring is 1. The molecule has 6 heteroatoms. The zero-order valence-corrected chi connectivity index (χ0v) is 9.52. The number of methoxy groups -OCH3 is 1. The molecule has 2 N–H and O–H groups in total. The van der Waals surface area contributed by atoms with Crippen molar-refractivity contribution in [2.75, 3.05) is 31.4 Å². The minimum atomic E-state index is -0.545. The zero-order valence-electron chi connectivity index (χ0n) is 9.52. The maximum absolute atomic E-state index is 11.5. The van der Waals surface area contributed by atoms with Gasteiger partial charge in [0.15, 0.2) is 6.61 Å². The maximum atomic E-state index is 11.5. The van der Waals surface area contributed by atoms with E-state index in [1.165, 1.54) is 24.1 Å². The molecule has 0 atom stereocenters. The van der Waals surface area contributed by atoms with E-state index >= 15 is 0 Å². The third-order valence-corrected chi connectivity index (χ3v) is 2.62. The number of likely N-dealkylation sites (N-methyl/N-ethyl adjacent to an activating group) is 1. The van der Waals surface area contributed by atoms with Crippen LogP contribution in [0.15, 0.2) is 12.1 Å². The number of fused-ring (bicyclic) bond motifs is 1. The molecule has 90 valence electrons. The number of hydrogen-bond donors (Lipinski definition) is 1. The third-order valence-electron chi connectivity index (χ3n) is 2.62. The maximum Gasteiger partial charge on any atom is 0.340 e. The van der Waals surface area contributed by atoms with Crippen LogP contribution in [0.5, 0.6) is 5.75 Å². The third kappa shape index (κ3) is 1.77. The van der Waals surface area contributed by atoms with Gasteiger partial charge in [-0.1, -0.05) is 0 Å². The van der Waals surface area contributed by atoms with Crippen molar-refractivity contribution >= 4 is 23.3 Å². The van der Waals surface area contributed by atoms with E-state index in [0.29, 0.717) is 11.4 Å². The number of benzene rings is 1. The fourth-order valence-electron chi connectivity index (χ4n) is 1.62. The average molecular weight is 236 g/mol. The first-order valence-electron chi connectivity index (χ1n) is 4.95. The van der Waals surface area contributed by atoms with Gasteiger partial charge in [0.2, 0.25) is 0 Å². The number of anilines is 2. The van der Waals surface area contributed by atoms with Gasteiger partial charge >= 0.3 is 5.97 Å². The lowest BCUT2D eigenvalue weighted by molar-refractivity contribution is -0.120. The summed E-state index contributed by atoms with van der Waals surface area (Å²) in [5.74, 6) is -0.243. The van der Waals surface area contributed by atoms with Crippen LogP contribution in [0.3, 0.4) is 0 Å². The molecule has 1 aromatic rings. The first kappa shape index (κ1) is 11.3. The molecule has 1 aliphatic heterocycles. The molecular weight excluding hydrogens is 224 g/mol. The molecular formula is C11H12N2O4. The molecule has 1 aliphatic rings. The second-order valence-corrected chi connectivity index (χ2v) is 3.64. The Morgan fingerprint density at radius 2 is 2.24 bits per heavy atom. The molecule has 0 bridgehead atoms. The van der Waals surface area contributed by atoms with Gasteiger partial charge in [-0.05, 0) is 6.07 Å². The monoisotopic (exact) mass is 236 g/mol. The summed E-state index contributed by atoms with van der Waals surface area (Å²) >= 11 is 0. The second-order valence-electron chi connectivity index (χ2n) is 3.64. The fraction of sp³-hybridized carbons (Fsp3) is 0.273. The van der Waals surface area contributed by atoms with E-state index in [9.17, 15) is 9.59 Å². The van der Waals surface area contributed by atoms with E-state index in [0.717, 1.165) is 0 Å². The van der Waals surface area contributed by atoms with Crippen molar-refractivity contribution in [3.05, 3.63) is 17.7 Å². The lowest BCUT2D eigenvalue weighted by atomic mass is 10.1. The molecule has 0 fully saturated rings. The van der Waals surface area contributed by atoms with E-state index < -0.39 is 5.97 Å². The normalized spacial score (nSPS) is 14.0. The Labute approximate surface area is 97.9 Å². The topological polar surface area (TPSA) is 81.9 Å². The summed E-state index contributed by atoms with van der Waals surface area (Å²) in [7, 11) is 2.88. The summed E-state index contributed by atoms with van der Waals surface area (Å²) in [6, 6.07) is 3.01. The Bertz CT molecular complexity index is 498. The van der Waals surface area contributed by atoms with Crippen LogP contribution in [0.4, 0.5) is 11.4 Å². The minimum Gasteiger partial charge on any atom is -0.481 e. The van der Waals surface area contributed by atoms with Crippen molar-refractivity contribution in [3.8, 4) is 5.75 Å².